The van der Waals surface area contributed by atoms with Crippen molar-refractivity contribution in [3.8, 4) is 0 Å². The number of fused-ring (bicyclic) bond motifs is 4. The summed E-state index contributed by atoms with van der Waals surface area (Å²) in [5.41, 5.74) is -7.99. The molecule has 3 N–H and O–H groups in total. The number of benzene rings is 1. The molecule has 6 rings (SSSR count). The van der Waals surface area contributed by atoms with E-state index in [1.165, 1.54) is 6.92 Å². The lowest BCUT2D eigenvalue weighted by Gasteiger charge is -2.71. The molecule has 0 spiro atoms. The predicted octanol–water partition coefficient (Wildman–Crippen LogP) is 2.20. The molecule has 43 heavy (non-hydrogen) atoms. The zero-order chi connectivity index (χ0) is 31.5. The zero-order valence-electron chi connectivity index (χ0n) is 25.5. The summed E-state index contributed by atoms with van der Waals surface area (Å²) in [5, 5.41) is 36.2. The van der Waals surface area contributed by atoms with Crippen molar-refractivity contribution in [2.24, 2.45) is 16.7 Å². The molecule has 11 nitrogen and oxygen atoms in total. The van der Waals surface area contributed by atoms with Crippen LogP contribution in [0.4, 0.5) is 0 Å². The summed E-state index contributed by atoms with van der Waals surface area (Å²) >= 11 is 0. The molecule has 2 saturated heterocycles. The first kappa shape index (κ1) is 30.2. The van der Waals surface area contributed by atoms with Gasteiger partial charge in [0.05, 0.1) is 29.3 Å². The van der Waals surface area contributed by atoms with Gasteiger partial charge in [0.15, 0.2) is 11.4 Å². The maximum Gasteiger partial charge on any atom is 0.343 e. The van der Waals surface area contributed by atoms with E-state index < -0.39 is 81.7 Å². The highest BCUT2D eigenvalue weighted by atomic mass is 16.8. The van der Waals surface area contributed by atoms with E-state index in [0.717, 1.165) is 0 Å². The maximum atomic E-state index is 14.1. The van der Waals surface area contributed by atoms with Gasteiger partial charge >= 0.3 is 17.9 Å². The average molecular weight is 601 g/mol. The van der Waals surface area contributed by atoms with Gasteiger partial charge in [-0.15, -0.1) is 0 Å². The number of aliphatic hydroxyl groups excluding tert-OH is 2. The van der Waals surface area contributed by atoms with E-state index in [1.54, 1.807) is 71.9 Å². The second-order valence-corrected chi connectivity index (χ2v) is 13.9. The van der Waals surface area contributed by atoms with Crippen LogP contribution < -0.4 is 0 Å². The fraction of sp³-hybridized carbons (Fsp3) is 0.656. The fourth-order valence-electron chi connectivity index (χ4n) is 9.16. The largest absolute Gasteiger partial charge is 0.463 e. The minimum Gasteiger partial charge on any atom is -0.463 e. The third-order valence-corrected chi connectivity index (χ3v) is 11.0. The number of ether oxygens (including phenoxy) is 5. The van der Waals surface area contributed by atoms with Gasteiger partial charge < -0.3 is 39.0 Å². The highest BCUT2D eigenvalue weighted by Gasteiger charge is 2.87. The molecule has 2 bridgehead atoms. The molecule has 2 heterocycles. The zero-order valence-corrected chi connectivity index (χ0v) is 25.5. The number of hydrogen-bond donors (Lipinski definition) is 3. The third kappa shape index (κ3) is 3.63. The Morgan fingerprint density at radius 3 is 2.35 bits per heavy atom. The number of carbonyl (C=O) groups excluding carboxylic acids is 3. The topological polar surface area (TPSA) is 158 Å². The first-order valence-corrected chi connectivity index (χ1v) is 14.7. The highest BCUT2D eigenvalue weighted by molar-refractivity contribution is 5.91. The highest BCUT2D eigenvalue weighted by Crippen LogP contribution is 2.75. The van der Waals surface area contributed by atoms with Gasteiger partial charge in [0.1, 0.15) is 23.9 Å². The van der Waals surface area contributed by atoms with Crippen LogP contribution in [0.15, 0.2) is 41.5 Å². The van der Waals surface area contributed by atoms with Crippen LogP contribution in [-0.4, -0.2) is 86.8 Å². The van der Waals surface area contributed by atoms with Crippen LogP contribution in [0.25, 0.3) is 0 Å². The van der Waals surface area contributed by atoms with Crippen LogP contribution in [0, 0.1) is 16.7 Å². The van der Waals surface area contributed by atoms with Gasteiger partial charge in [-0.2, -0.15) is 0 Å². The number of carbonyl (C=O) groups is 3. The smallest absolute Gasteiger partial charge is 0.343 e. The monoisotopic (exact) mass is 600 g/mol. The molecular weight excluding hydrogens is 560 g/mol. The second-order valence-electron chi connectivity index (χ2n) is 13.9. The Bertz CT molecular complexity index is 1420. The molecule has 0 aromatic heterocycles. The van der Waals surface area contributed by atoms with E-state index in [4.69, 9.17) is 23.7 Å². The Morgan fingerprint density at radius 2 is 1.72 bits per heavy atom. The third-order valence-electron chi connectivity index (χ3n) is 11.0. The maximum absolute atomic E-state index is 14.1. The number of rotatable bonds is 4. The minimum absolute atomic E-state index is 0.0509. The molecule has 0 radical (unpaired) electrons. The van der Waals surface area contributed by atoms with Crippen molar-refractivity contribution in [1.82, 2.24) is 0 Å². The summed E-state index contributed by atoms with van der Waals surface area (Å²) in [4.78, 5) is 40.3. The number of hydrogen-bond acceptors (Lipinski definition) is 11. The summed E-state index contributed by atoms with van der Waals surface area (Å²) in [6, 6.07) is 8.34. The van der Waals surface area contributed by atoms with Crippen LogP contribution in [-0.2, 0) is 33.3 Å². The van der Waals surface area contributed by atoms with Crippen LogP contribution in [0.2, 0.25) is 0 Å². The summed E-state index contributed by atoms with van der Waals surface area (Å²) < 4.78 is 31.1. The van der Waals surface area contributed by atoms with Crippen LogP contribution in [0.5, 0.6) is 0 Å². The van der Waals surface area contributed by atoms with Gasteiger partial charge in [-0.05, 0) is 64.3 Å². The van der Waals surface area contributed by atoms with Crippen LogP contribution in [0.3, 0.4) is 0 Å². The quantitative estimate of drug-likeness (QED) is 0.264. The Morgan fingerprint density at radius 1 is 1.07 bits per heavy atom. The first-order chi connectivity index (χ1) is 19.9. The molecular formula is C32H40O11. The molecule has 11 heteroatoms. The van der Waals surface area contributed by atoms with E-state index in [2.05, 4.69) is 0 Å². The molecule has 2 aliphatic heterocycles. The Balaban J connectivity index is 1.69. The second kappa shape index (κ2) is 9.10. The minimum atomic E-state index is -2.46. The lowest BCUT2D eigenvalue weighted by atomic mass is 9.38. The first-order valence-electron chi connectivity index (χ1n) is 14.7. The van der Waals surface area contributed by atoms with Gasteiger partial charge in [-0.3, -0.25) is 4.79 Å². The van der Waals surface area contributed by atoms with Crippen molar-refractivity contribution in [1.29, 1.82) is 0 Å². The van der Waals surface area contributed by atoms with Crippen LogP contribution >= 0.6 is 0 Å². The van der Waals surface area contributed by atoms with E-state index in [1.807, 2.05) is 0 Å². The van der Waals surface area contributed by atoms with Crippen molar-refractivity contribution in [3.63, 3.8) is 0 Å². The van der Waals surface area contributed by atoms with Crippen molar-refractivity contribution >= 4 is 17.9 Å². The normalized spacial score (nSPS) is 43.7. The average Bonchev–Trinajstić information content (AvgIpc) is 3.35. The molecule has 2 saturated carbocycles. The van der Waals surface area contributed by atoms with E-state index in [-0.39, 0.29) is 30.6 Å². The van der Waals surface area contributed by atoms with Gasteiger partial charge in [0.2, 0.25) is 0 Å². The lowest BCUT2D eigenvalue weighted by molar-refractivity contribution is -0.331. The molecule has 234 valence electrons. The molecule has 5 aliphatic rings. The molecule has 0 amide bonds. The molecule has 1 aromatic carbocycles. The summed E-state index contributed by atoms with van der Waals surface area (Å²) in [5.74, 6) is -4.73. The van der Waals surface area contributed by atoms with Crippen molar-refractivity contribution in [2.75, 3.05) is 6.61 Å². The van der Waals surface area contributed by atoms with Gasteiger partial charge in [-0.1, -0.05) is 25.1 Å². The summed E-state index contributed by atoms with van der Waals surface area (Å²) in [6.45, 7) is 10.7. The van der Waals surface area contributed by atoms with Gasteiger partial charge in [-0.25, -0.2) is 9.59 Å². The lowest BCUT2D eigenvalue weighted by Crippen LogP contribution is -2.85. The SMILES string of the molecule is CC(=O)OC[C@]12OC(C)(C)O[C@H]1C[C@H](O)[C@]1(C)[C@@H]2[C@H](OC(=O)c2ccccc2)[C@]23C[C@H](O)C(C)=C2[C@]1(O)C(=O)OC3(C)C. The van der Waals surface area contributed by atoms with E-state index in [0.29, 0.717) is 5.57 Å². The molecule has 9 atom stereocenters. The Kier molecular flexibility index (Phi) is 6.40. The Hall–Kier alpha value is -2.83. The van der Waals surface area contributed by atoms with Gasteiger partial charge in [0, 0.05) is 24.7 Å². The number of cyclic esters (lactones) is 1. The van der Waals surface area contributed by atoms with E-state index in [9.17, 15) is 29.7 Å². The van der Waals surface area contributed by atoms with Crippen LogP contribution in [0.1, 0.15) is 71.7 Å². The molecule has 4 fully saturated rings. The standard InChI is InChI=1S/C32H40O11/c1-16-19(34)14-30-22(16)32(38,26(37)42-27(30,3)4)29(7)20(35)13-21-31(15-39-17(2)33,43-28(5,6)41-21)23(29)24(30)40-25(36)18-11-9-8-10-12-18/h8-12,19-21,23-24,34-35,38H,13-15H2,1-7H3/t19-,20-,21-,23-,24-,29+,30-,31-,32-/m0/s1. The summed E-state index contributed by atoms with van der Waals surface area (Å²) in [6.07, 6.45) is -4.82. The van der Waals surface area contributed by atoms with Crippen molar-refractivity contribution < 1.29 is 53.4 Å². The van der Waals surface area contributed by atoms with Crippen molar-refractivity contribution in [3.05, 3.63) is 47.0 Å². The fourth-order valence-corrected chi connectivity index (χ4v) is 9.16. The van der Waals surface area contributed by atoms with Crippen molar-refractivity contribution in [2.45, 2.75) is 108 Å². The van der Waals surface area contributed by atoms with Gasteiger partial charge in [0.25, 0.3) is 0 Å². The molecule has 1 aromatic rings. The summed E-state index contributed by atoms with van der Waals surface area (Å²) in [7, 11) is 0. The number of esters is 3. The molecule has 0 unspecified atom stereocenters. The Labute approximate surface area is 250 Å². The predicted molar refractivity (Wildman–Crippen MR) is 148 cm³/mol. The van der Waals surface area contributed by atoms with E-state index >= 15 is 0 Å². The number of aliphatic hydroxyl groups is 3. The molecule has 3 aliphatic carbocycles.